The molecule has 23 heavy (non-hydrogen) atoms. The van der Waals surface area contributed by atoms with E-state index in [0.29, 0.717) is 17.2 Å². The zero-order valence-electron chi connectivity index (χ0n) is 12.9. The molecule has 0 saturated heterocycles. The molecule has 1 aromatic carbocycles. The Labute approximate surface area is 138 Å². The van der Waals surface area contributed by atoms with Gasteiger partial charge in [0.1, 0.15) is 0 Å². The molecular weight excluding hydrogens is 314 g/mol. The summed E-state index contributed by atoms with van der Waals surface area (Å²) in [6.07, 6.45) is 4.75. The molecule has 0 unspecified atom stereocenters. The number of benzene rings is 1. The molecule has 0 atom stereocenters. The zero-order chi connectivity index (χ0) is 16.7. The second-order valence-corrected chi connectivity index (χ2v) is 6.06. The predicted molar refractivity (Wildman–Crippen MR) is 91.6 cm³/mol. The van der Waals surface area contributed by atoms with Crippen molar-refractivity contribution >= 4 is 28.1 Å². The Hall–Kier alpha value is -2.28. The number of aromatic nitrogens is 1. The van der Waals surface area contributed by atoms with Crippen LogP contribution in [0, 0.1) is 10.1 Å². The molecule has 6 nitrogen and oxygen atoms in total. The molecule has 7 heteroatoms. The van der Waals surface area contributed by atoms with Gasteiger partial charge in [-0.25, -0.2) is 4.98 Å². The van der Waals surface area contributed by atoms with Gasteiger partial charge in [0.2, 0.25) is 5.91 Å². The van der Waals surface area contributed by atoms with Crippen molar-refractivity contribution in [2.45, 2.75) is 39.0 Å². The van der Waals surface area contributed by atoms with E-state index in [2.05, 4.69) is 17.2 Å². The number of anilines is 1. The third-order valence-electron chi connectivity index (χ3n) is 3.38. The van der Waals surface area contributed by atoms with Crippen LogP contribution in [0.3, 0.4) is 0 Å². The summed E-state index contributed by atoms with van der Waals surface area (Å²) < 4.78 is 0. The summed E-state index contributed by atoms with van der Waals surface area (Å²) in [5.74, 6) is -0.0225. The maximum atomic E-state index is 11.8. The van der Waals surface area contributed by atoms with E-state index < -0.39 is 4.92 Å². The fourth-order valence-electron chi connectivity index (χ4n) is 2.11. The van der Waals surface area contributed by atoms with Gasteiger partial charge in [-0.2, -0.15) is 0 Å². The normalized spacial score (nSPS) is 10.5. The number of carbonyl (C=O) groups excluding carboxylic acids is 1. The first kappa shape index (κ1) is 17.1. The first-order chi connectivity index (χ1) is 11.1. The monoisotopic (exact) mass is 333 g/mol. The largest absolute Gasteiger partial charge is 0.302 e. The number of rotatable bonds is 8. The van der Waals surface area contributed by atoms with Crippen molar-refractivity contribution in [3.05, 3.63) is 39.8 Å². The summed E-state index contributed by atoms with van der Waals surface area (Å²) >= 11 is 1.35. The molecule has 1 amide bonds. The molecule has 1 N–H and O–H groups in total. The van der Waals surface area contributed by atoms with Gasteiger partial charge >= 0.3 is 0 Å². The Morgan fingerprint density at radius 1 is 1.26 bits per heavy atom. The maximum Gasteiger partial charge on any atom is 0.269 e. The van der Waals surface area contributed by atoms with Gasteiger partial charge in [-0.05, 0) is 18.6 Å². The highest BCUT2D eigenvalue weighted by Crippen LogP contribution is 2.26. The van der Waals surface area contributed by atoms with Gasteiger partial charge < -0.3 is 5.32 Å². The van der Waals surface area contributed by atoms with Gasteiger partial charge in [-0.1, -0.05) is 26.2 Å². The average molecular weight is 333 g/mol. The maximum absolute atomic E-state index is 11.8. The number of thiazole rings is 1. The Balaban J connectivity index is 1.92. The SMILES string of the molecule is CCCCCCC(=O)Nc1nc(-c2ccc([N+](=O)[O-])cc2)cs1. The van der Waals surface area contributed by atoms with Crippen molar-refractivity contribution in [2.24, 2.45) is 0 Å². The molecule has 0 fully saturated rings. The van der Waals surface area contributed by atoms with Gasteiger partial charge in [0.25, 0.3) is 5.69 Å². The Kier molecular flexibility index (Phi) is 6.22. The summed E-state index contributed by atoms with van der Waals surface area (Å²) in [5, 5.41) is 15.8. The standard InChI is InChI=1S/C16H19N3O3S/c1-2-3-4-5-6-15(20)18-16-17-14(11-23-16)12-7-9-13(10-8-12)19(21)22/h7-11H,2-6H2,1H3,(H,17,18,20). The third-order valence-corrected chi connectivity index (χ3v) is 4.14. The van der Waals surface area contributed by atoms with Crippen molar-refractivity contribution in [3.8, 4) is 11.3 Å². The highest BCUT2D eigenvalue weighted by molar-refractivity contribution is 7.14. The number of carbonyl (C=O) groups is 1. The lowest BCUT2D eigenvalue weighted by Gasteiger charge is -2.01. The van der Waals surface area contributed by atoms with Crippen LogP contribution < -0.4 is 5.32 Å². The van der Waals surface area contributed by atoms with Crippen LogP contribution in [0.1, 0.15) is 39.0 Å². The van der Waals surface area contributed by atoms with Crippen LogP contribution >= 0.6 is 11.3 Å². The topological polar surface area (TPSA) is 85.1 Å². The van der Waals surface area contributed by atoms with Crippen LogP contribution in [-0.2, 0) is 4.79 Å². The summed E-state index contributed by atoms with van der Waals surface area (Å²) in [5.41, 5.74) is 1.53. The zero-order valence-corrected chi connectivity index (χ0v) is 13.8. The van der Waals surface area contributed by atoms with E-state index in [1.807, 2.05) is 5.38 Å². The molecule has 2 rings (SSSR count). The highest BCUT2D eigenvalue weighted by Gasteiger charge is 2.10. The predicted octanol–water partition coefficient (Wildman–Crippen LogP) is 4.63. The average Bonchev–Trinajstić information content (AvgIpc) is 3.00. The molecule has 2 aromatic rings. The van der Waals surface area contributed by atoms with Crippen molar-refractivity contribution in [1.29, 1.82) is 0 Å². The lowest BCUT2D eigenvalue weighted by molar-refractivity contribution is -0.384. The molecule has 0 aliphatic carbocycles. The molecule has 0 bridgehead atoms. The number of hydrogen-bond donors (Lipinski definition) is 1. The fraction of sp³-hybridized carbons (Fsp3) is 0.375. The molecule has 0 radical (unpaired) electrons. The van der Waals surface area contributed by atoms with E-state index >= 15 is 0 Å². The Morgan fingerprint density at radius 2 is 2.00 bits per heavy atom. The van der Waals surface area contributed by atoms with Crippen LogP contribution in [0.15, 0.2) is 29.6 Å². The lowest BCUT2D eigenvalue weighted by Crippen LogP contribution is -2.10. The molecule has 122 valence electrons. The van der Waals surface area contributed by atoms with Gasteiger partial charge in [-0.15, -0.1) is 11.3 Å². The molecular formula is C16H19N3O3S. The quantitative estimate of drug-likeness (QED) is 0.433. The lowest BCUT2D eigenvalue weighted by atomic mass is 10.1. The molecule has 0 saturated carbocycles. The Morgan fingerprint density at radius 3 is 2.65 bits per heavy atom. The van der Waals surface area contributed by atoms with Gasteiger partial charge in [0, 0.05) is 29.5 Å². The van der Waals surface area contributed by atoms with Crippen molar-refractivity contribution in [1.82, 2.24) is 4.98 Å². The number of non-ortho nitro benzene ring substituents is 1. The first-order valence-corrected chi connectivity index (χ1v) is 8.48. The molecule has 1 aromatic heterocycles. The number of nitro benzene ring substituents is 1. The number of nitrogens with one attached hydrogen (secondary N) is 1. The van der Waals surface area contributed by atoms with Crippen LogP contribution in [0.25, 0.3) is 11.3 Å². The van der Waals surface area contributed by atoms with Crippen LogP contribution in [0.5, 0.6) is 0 Å². The number of nitrogens with zero attached hydrogens (tertiary/aromatic N) is 2. The van der Waals surface area contributed by atoms with E-state index in [1.54, 1.807) is 12.1 Å². The molecule has 1 heterocycles. The minimum atomic E-state index is -0.435. The number of hydrogen-bond acceptors (Lipinski definition) is 5. The van der Waals surface area contributed by atoms with Crippen molar-refractivity contribution in [3.63, 3.8) is 0 Å². The minimum absolute atomic E-state index is 0.0225. The summed E-state index contributed by atoms with van der Waals surface area (Å²) in [6, 6.07) is 6.20. The molecule has 0 aliphatic rings. The second kappa shape index (κ2) is 8.38. The van der Waals surface area contributed by atoms with E-state index in [4.69, 9.17) is 0 Å². The van der Waals surface area contributed by atoms with Crippen molar-refractivity contribution in [2.75, 3.05) is 5.32 Å². The summed E-state index contributed by atoms with van der Waals surface area (Å²) in [7, 11) is 0. The number of nitro groups is 1. The summed E-state index contributed by atoms with van der Waals surface area (Å²) in [4.78, 5) is 26.4. The third kappa shape index (κ3) is 5.14. The van der Waals surface area contributed by atoms with Gasteiger partial charge in [0.15, 0.2) is 5.13 Å². The number of unbranched alkanes of at least 4 members (excludes halogenated alkanes) is 3. The fourth-order valence-corrected chi connectivity index (χ4v) is 2.85. The summed E-state index contributed by atoms with van der Waals surface area (Å²) in [6.45, 7) is 2.13. The molecule has 0 aliphatic heterocycles. The van der Waals surface area contributed by atoms with Crippen LogP contribution in [0.2, 0.25) is 0 Å². The van der Waals surface area contributed by atoms with E-state index in [-0.39, 0.29) is 11.6 Å². The van der Waals surface area contributed by atoms with E-state index in [9.17, 15) is 14.9 Å². The van der Waals surface area contributed by atoms with Crippen LogP contribution in [-0.4, -0.2) is 15.8 Å². The first-order valence-electron chi connectivity index (χ1n) is 7.60. The Bertz CT molecular complexity index is 667. The smallest absolute Gasteiger partial charge is 0.269 e. The van der Waals surface area contributed by atoms with Gasteiger partial charge in [-0.3, -0.25) is 14.9 Å². The molecule has 0 spiro atoms. The minimum Gasteiger partial charge on any atom is -0.302 e. The van der Waals surface area contributed by atoms with E-state index in [1.165, 1.54) is 23.5 Å². The number of amides is 1. The highest BCUT2D eigenvalue weighted by atomic mass is 32.1. The van der Waals surface area contributed by atoms with E-state index in [0.717, 1.165) is 31.2 Å². The van der Waals surface area contributed by atoms with Crippen molar-refractivity contribution < 1.29 is 9.72 Å². The van der Waals surface area contributed by atoms with Gasteiger partial charge in [0.05, 0.1) is 10.6 Å². The second-order valence-electron chi connectivity index (χ2n) is 5.20. The van der Waals surface area contributed by atoms with Crippen LogP contribution in [0.4, 0.5) is 10.8 Å².